The van der Waals surface area contributed by atoms with Gasteiger partial charge in [0.1, 0.15) is 15.7 Å². The molecule has 0 saturated heterocycles. The van der Waals surface area contributed by atoms with E-state index in [1.54, 1.807) is 0 Å². The summed E-state index contributed by atoms with van der Waals surface area (Å²) in [5, 5.41) is -0.654. The smallest absolute Gasteiger partial charge is 0.209 e. The minimum atomic E-state index is -1.27. The Kier molecular flexibility index (Phi) is 4.50. The molecule has 0 aromatic carbocycles. The van der Waals surface area contributed by atoms with Crippen LogP contribution in [-0.4, -0.2) is 55.6 Å². The molecule has 5 aliphatic carbocycles. The average molecular weight is 410 g/mol. The number of ether oxygens (including phenoxy) is 3. The first-order chi connectivity index (χ1) is 12.0. The Bertz CT molecular complexity index is 665. The van der Waals surface area contributed by atoms with Crippen LogP contribution < -0.4 is 0 Å². The fourth-order valence-electron chi connectivity index (χ4n) is 5.47. The predicted octanol–water partition coefficient (Wildman–Crippen LogP) is 2.51. The number of carbonyl (C=O) groups excluding carboxylic acids is 2. The highest BCUT2D eigenvalue weighted by Crippen LogP contribution is 2.86. The van der Waals surface area contributed by atoms with Crippen molar-refractivity contribution in [2.24, 2.45) is 23.2 Å². The molecule has 0 unspecified atom stereocenters. The van der Waals surface area contributed by atoms with Crippen molar-refractivity contribution in [2.75, 3.05) is 33.0 Å². The van der Waals surface area contributed by atoms with E-state index in [1.165, 1.54) is 0 Å². The zero-order valence-corrected chi connectivity index (χ0v) is 16.0. The number of Topliss-reactive ketones (excluding diaryl/α,β-unsaturated/α-hetero) is 2. The number of halogens is 3. The van der Waals surface area contributed by atoms with Crippen molar-refractivity contribution in [1.82, 2.24) is 0 Å². The van der Waals surface area contributed by atoms with E-state index in [0.29, 0.717) is 32.8 Å². The molecule has 6 atom stereocenters. The van der Waals surface area contributed by atoms with Gasteiger partial charge in [-0.15, -0.1) is 11.6 Å². The monoisotopic (exact) mass is 408 g/mol. The first-order valence-corrected chi connectivity index (χ1v) is 9.73. The normalized spacial score (nSPS) is 43.8. The zero-order valence-electron chi connectivity index (χ0n) is 13.7. The molecule has 5 nitrogen and oxygen atoms in total. The Morgan fingerprint density at radius 1 is 1.00 bits per heavy atom. The van der Waals surface area contributed by atoms with Crippen molar-refractivity contribution >= 4 is 46.4 Å². The van der Waals surface area contributed by atoms with Gasteiger partial charge in [-0.3, -0.25) is 9.59 Å². The van der Waals surface area contributed by atoms with Crippen molar-refractivity contribution in [1.29, 1.82) is 0 Å². The molecule has 0 radical (unpaired) electrons. The summed E-state index contributed by atoms with van der Waals surface area (Å²) >= 11 is 18.7. The Morgan fingerprint density at radius 3 is 2.28 bits per heavy atom. The molecular weight excluding hydrogens is 391 g/mol. The van der Waals surface area contributed by atoms with E-state index in [0.717, 1.165) is 0 Å². The van der Waals surface area contributed by atoms with E-state index in [4.69, 9.17) is 49.0 Å². The highest BCUT2D eigenvalue weighted by Gasteiger charge is 2.95. The maximum atomic E-state index is 13.0. The number of ketones is 2. The van der Waals surface area contributed by atoms with Gasteiger partial charge in [0.15, 0.2) is 5.78 Å². The number of rotatable bonds is 8. The largest absolute Gasteiger partial charge is 0.379 e. The summed E-state index contributed by atoms with van der Waals surface area (Å²) in [5.74, 6) is -0.868. The maximum Gasteiger partial charge on any atom is 0.209 e. The quantitative estimate of drug-likeness (QED) is 0.455. The molecule has 25 heavy (non-hydrogen) atoms. The summed E-state index contributed by atoms with van der Waals surface area (Å²) in [6.45, 7) is 3.99. The highest BCUT2D eigenvalue weighted by atomic mass is 35.5. The molecule has 4 saturated carbocycles. The van der Waals surface area contributed by atoms with Crippen LogP contribution >= 0.6 is 34.8 Å². The molecule has 0 aliphatic heterocycles. The van der Waals surface area contributed by atoms with Gasteiger partial charge in [0.2, 0.25) is 5.78 Å². The molecule has 0 aromatic rings. The van der Waals surface area contributed by atoms with E-state index < -0.39 is 16.8 Å². The van der Waals surface area contributed by atoms with Gasteiger partial charge in [-0.05, 0) is 25.2 Å². The SMILES string of the molecule is CCOCCOCCO[C@]12C(=O)C(Cl)=C(Cl)C(=O)[C@@]13[C@@H]1[C@H](Cl)[C@H]2C[C@@H]13. The second kappa shape index (κ2) is 6.18. The van der Waals surface area contributed by atoms with Crippen molar-refractivity contribution in [3.8, 4) is 0 Å². The molecule has 8 heteroatoms. The van der Waals surface area contributed by atoms with E-state index in [9.17, 15) is 9.59 Å². The predicted molar refractivity (Wildman–Crippen MR) is 91.9 cm³/mol. The molecule has 4 fully saturated rings. The number of carbonyl (C=O) groups is 2. The fourth-order valence-corrected chi connectivity index (χ4v) is 6.60. The third-order valence-electron chi connectivity index (χ3n) is 6.25. The van der Waals surface area contributed by atoms with Gasteiger partial charge >= 0.3 is 0 Å². The molecular formula is C17H19Cl3O5. The van der Waals surface area contributed by atoms with Crippen LogP contribution in [-0.2, 0) is 23.8 Å². The van der Waals surface area contributed by atoms with Crippen LogP contribution in [0, 0.1) is 23.2 Å². The van der Waals surface area contributed by atoms with Crippen LogP contribution in [0.15, 0.2) is 10.1 Å². The third-order valence-corrected chi connectivity index (χ3v) is 7.64. The Labute approximate surface area is 160 Å². The van der Waals surface area contributed by atoms with Crippen LogP contribution in [0.3, 0.4) is 0 Å². The van der Waals surface area contributed by atoms with Gasteiger partial charge in [-0.1, -0.05) is 23.2 Å². The summed E-state index contributed by atoms with van der Waals surface area (Å²) < 4.78 is 16.7. The van der Waals surface area contributed by atoms with Crippen molar-refractivity contribution in [3.05, 3.63) is 10.1 Å². The topological polar surface area (TPSA) is 61.8 Å². The summed E-state index contributed by atoms with van der Waals surface area (Å²) in [4.78, 5) is 25.9. The van der Waals surface area contributed by atoms with E-state index in [1.807, 2.05) is 6.92 Å². The van der Waals surface area contributed by atoms with Crippen LogP contribution in [0.1, 0.15) is 13.3 Å². The maximum absolute atomic E-state index is 13.0. The van der Waals surface area contributed by atoms with Crippen LogP contribution in [0.5, 0.6) is 0 Å². The van der Waals surface area contributed by atoms with Gasteiger partial charge in [0, 0.05) is 17.9 Å². The van der Waals surface area contributed by atoms with E-state index >= 15 is 0 Å². The lowest BCUT2D eigenvalue weighted by Gasteiger charge is -2.40. The van der Waals surface area contributed by atoms with Crippen molar-refractivity contribution in [3.63, 3.8) is 0 Å². The first-order valence-electron chi connectivity index (χ1n) is 8.54. The van der Waals surface area contributed by atoms with Crippen LogP contribution in [0.25, 0.3) is 0 Å². The minimum absolute atomic E-state index is 0.0481. The molecule has 0 amide bonds. The van der Waals surface area contributed by atoms with E-state index in [2.05, 4.69) is 0 Å². The van der Waals surface area contributed by atoms with Crippen molar-refractivity contribution < 1.29 is 23.8 Å². The molecule has 0 N–H and O–H groups in total. The summed E-state index contributed by atoms with van der Waals surface area (Å²) in [6, 6.07) is 0. The highest BCUT2D eigenvalue weighted by molar-refractivity contribution is 6.57. The summed E-state index contributed by atoms with van der Waals surface area (Å²) in [5.41, 5.74) is -2.19. The molecule has 5 aliphatic rings. The zero-order chi connectivity index (χ0) is 18.0. The lowest BCUT2D eigenvalue weighted by atomic mass is 9.73. The van der Waals surface area contributed by atoms with Gasteiger partial charge in [0.25, 0.3) is 0 Å². The van der Waals surface area contributed by atoms with Gasteiger partial charge in [0.05, 0.1) is 31.8 Å². The molecule has 0 heterocycles. The molecule has 4 bridgehead atoms. The van der Waals surface area contributed by atoms with Crippen LogP contribution in [0.2, 0.25) is 0 Å². The lowest BCUT2D eigenvalue weighted by molar-refractivity contribution is -0.164. The molecule has 0 aromatic heterocycles. The average Bonchev–Trinajstić information content (AvgIpc) is 2.88. The number of hydrogen-bond acceptors (Lipinski definition) is 5. The van der Waals surface area contributed by atoms with E-state index in [-0.39, 0.29) is 45.6 Å². The molecule has 138 valence electrons. The van der Waals surface area contributed by atoms with Crippen LogP contribution in [0.4, 0.5) is 0 Å². The lowest BCUT2D eigenvalue weighted by Crippen LogP contribution is -2.57. The first kappa shape index (κ1) is 18.2. The van der Waals surface area contributed by atoms with Gasteiger partial charge in [-0.2, -0.15) is 0 Å². The molecule has 1 spiro atoms. The third kappa shape index (κ3) is 2.03. The number of alkyl halides is 1. The number of hydrogen-bond donors (Lipinski definition) is 0. The second-order valence-electron chi connectivity index (χ2n) is 6.97. The minimum Gasteiger partial charge on any atom is -0.379 e. The summed E-state index contributed by atoms with van der Waals surface area (Å²) in [6.07, 6.45) is 0.704. The van der Waals surface area contributed by atoms with Crippen molar-refractivity contribution in [2.45, 2.75) is 24.3 Å². The van der Waals surface area contributed by atoms with Gasteiger partial charge < -0.3 is 14.2 Å². The Balaban J connectivity index is 1.53. The second-order valence-corrected chi connectivity index (χ2v) is 8.23. The Morgan fingerprint density at radius 2 is 1.64 bits per heavy atom. The standard InChI is InChI=1S/C17H19Cl3O5/c1-2-23-3-4-24-5-6-25-17-9-7-8-10(11(9)18)16(8,17)14(21)12(19)13(20)15(17)22/h8-11H,2-7H2,1H3/t8-,9+,10-,11+,16+,17+/m0/s1. The summed E-state index contributed by atoms with van der Waals surface area (Å²) in [7, 11) is 0. The Hall–Kier alpha value is -0.170. The number of allylic oxidation sites excluding steroid dienone is 1. The fraction of sp³-hybridized carbons (Fsp3) is 0.765. The molecule has 5 rings (SSSR count). The van der Waals surface area contributed by atoms with Gasteiger partial charge in [-0.25, -0.2) is 0 Å².